The van der Waals surface area contributed by atoms with Crippen molar-refractivity contribution in [3.63, 3.8) is 0 Å². The number of amides is 1. The molecule has 16 heavy (non-hydrogen) atoms. The molecule has 1 aliphatic rings. The van der Waals surface area contributed by atoms with Gasteiger partial charge in [-0.25, -0.2) is 0 Å². The Balaban J connectivity index is 2.60. The highest BCUT2D eigenvalue weighted by Gasteiger charge is 2.40. The maximum atomic E-state index is 11.8. The highest BCUT2D eigenvalue weighted by molar-refractivity contribution is 5.93. The zero-order valence-electron chi connectivity index (χ0n) is 9.88. The molecule has 0 unspecified atom stereocenters. The number of rotatable bonds is 5. The van der Waals surface area contributed by atoms with Crippen LogP contribution in [-0.2, 0) is 9.59 Å². The van der Waals surface area contributed by atoms with Crippen LogP contribution in [0.5, 0.6) is 0 Å². The summed E-state index contributed by atoms with van der Waals surface area (Å²) in [5.41, 5.74) is 0.172. The Hall–Kier alpha value is -1.32. The van der Waals surface area contributed by atoms with Gasteiger partial charge in [0.15, 0.2) is 0 Å². The molecule has 0 heterocycles. The second-order valence-electron chi connectivity index (χ2n) is 4.45. The van der Waals surface area contributed by atoms with E-state index in [4.69, 9.17) is 5.11 Å². The van der Waals surface area contributed by atoms with Crippen LogP contribution >= 0.6 is 0 Å². The summed E-state index contributed by atoms with van der Waals surface area (Å²) < 4.78 is 0. The third-order valence-electron chi connectivity index (χ3n) is 3.05. The van der Waals surface area contributed by atoms with Crippen LogP contribution in [0.4, 0.5) is 0 Å². The van der Waals surface area contributed by atoms with E-state index in [9.17, 15) is 9.59 Å². The van der Waals surface area contributed by atoms with Gasteiger partial charge in [0.1, 0.15) is 0 Å². The van der Waals surface area contributed by atoms with E-state index >= 15 is 0 Å². The van der Waals surface area contributed by atoms with E-state index in [0.717, 1.165) is 25.7 Å². The number of carbonyl (C=O) groups is 2. The maximum Gasteiger partial charge on any atom is 0.305 e. The van der Waals surface area contributed by atoms with E-state index in [1.54, 1.807) is 6.92 Å². The number of carbonyl (C=O) groups excluding carboxylic acids is 1. The predicted molar refractivity (Wildman–Crippen MR) is 61.0 cm³/mol. The Labute approximate surface area is 95.7 Å². The highest BCUT2D eigenvalue weighted by Crippen LogP contribution is 2.35. The van der Waals surface area contributed by atoms with Crippen LogP contribution in [-0.4, -0.2) is 22.5 Å². The molecule has 0 aliphatic heterocycles. The molecule has 1 rings (SSSR count). The van der Waals surface area contributed by atoms with E-state index < -0.39 is 11.5 Å². The molecule has 1 aliphatic carbocycles. The zero-order chi connectivity index (χ0) is 12.2. The van der Waals surface area contributed by atoms with Crippen molar-refractivity contribution in [2.24, 2.45) is 0 Å². The molecule has 0 saturated heterocycles. The fraction of sp³-hybridized carbons (Fsp3) is 0.667. The Bertz CT molecular complexity index is 316. The van der Waals surface area contributed by atoms with Crippen LogP contribution in [0, 0.1) is 0 Å². The zero-order valence-corrected chi connectivity index (χ0v) is 9.88. The van der Waals surface area contributed by atoms with Crippen LogP contribution in [0.15, 0.2) is 11.6 Å². The van der Waals surface area contributed by atoms with E-state index in [2.05, 4.69) is 5.32 Å². The number of hydrogen-bond donors (Lipinski definition) is 2. The summed E-state index contributed by atoms with van der Waals surface area (Å²) in [6.07, 6.45) is 5.21. The van der Waals surface area contributed by atoms with Crippen LogP contribution in [0.3, 0.4) is 0 Å². The first-order valence-electron chi connectivity index (χ1n) is 5.70. The Morgan fingerprint density at radius 3 is 2.44 bits per heavy atom. The van der Waals surface area contributed by atoms with Crippen LogP contribution in [0.25, 0.3) is 0 Å². The van der Waals surface area contributed by atoms with Crippen LogP contribution in [0.2, 0.25) is 0 Å². The lowest BCUT2D eigenvalue weighted by atomic mass is 9.74. The second-order valence-corrected chi connectivity index (χ2v) is 4.45. The number of aliphatic carboxylic acids is 1. The molecule has 1 saturated carbocycles. The minimum Gasteiger partial charge on any atom is -0.481 e. The molecule has 0 bridgehead atoms. The smallest absolute Gasteiger partial charge is 0.305 e. The van der Waals surface area contributed by atoms with E-state index in [1.807, 2.05) is 13.0 Å². The standard InChI is InChI=1S/C12H19NO3/c1-3-5-9(2)11(16)13-12(6-4-7-12)8-10(14)15/h5H,3-4,6-8H2,1-2H3,(H,13,16)(H,14,15). The molecule has 1 fully saturated rings. The molecule has 0 radical (unpaired) electrons. The molecular weight excluding hydrogens is 206 g/mol. The summed E-state index contributed by atoms with van der Waals surface area (Å²) in [6.45, 7) is 3.72. The fourth-order valence-corrected chi connectivity index (χ4v) is 1.98. The molecule has 0 aromatic heterocycles. The molecule has 1 amide bonds. The van der Waals surface area contributed by atoms with Gasteiger partial charge in [-0.2, -0.15) is 0 Å². The minimum absolute atomic E-state index is 0.0259. The van der Waals surface area contributed by atoms with Gasteiger partial charge < -0.3 is 10.4 Å². The molecule has 4 heteroatoms. The molecule has 4 nitrogen and oxygen atoms in total. The number of nitrogens with one attached hydrogen (secondary N) is 1. The topological polar surface area (TPSA) is 66.4 Å². The maximum absolute atomic E-state index is 11.8. The highest BCUT2D eigenvalue weighted by atomic mass is 16.4. The average Bonchev–Trinajstić information content (AvgIpc) is 2.13. The van der Waals surface area contributed by atoms with Crippen molar-refractivity contribution in [1.82, 2.24) is 5.32 Å². The van der Waals surface area contributed by atoms with Crippen molar-refractivity contribution in [3.05, 3.63) is 11.6 Å². The molecule has 90 valence electrons. The monoisotopic (exact) mass is 225 g/mol. The number of allylic oxidation sites excluding steroid dienone is 1. The van der Waals surface area contributed by atoms with Crippen LogP contribution < -0.4 is 5.32 Å². The van der Waals surface area contributed by atoms with Crippen LogP contribution in [0.1, 0.15) is 46.0 Å². The van der Waals surface area contributed by atoms with Crippen molar-refractivity contribution in [1.29, 1.82) is 0 Å². The summed E-state index contributed by atoms with van der Waals surface area (Å²) in [6, 6.07) is 0. The Kier molecular flexibility index (Phi) is 4.10. The summed E-state index contributed by atoms with van der Waals surface area (Å²) >= 11 is 0. The second kappa shape index (κ2) is 5.14. The SMILES string of the molecule is CCC=C(C)C(=O)NC1(CC(=O)O)CCC1. The molecule has 0 aromatic rings. The van der Waals surface area contributed by atoms with Crippen molar-refractivity contribution in [2.45, 2.75) is 51.5 Å². The summed E-state index contributed by atoms with van der Waals surface area (Å²) in [5, 5.41) is 11.7. The Morgan fingerprint density at radius 2 is 2.06 bits per heavy atom. The molecule has 0 spiro atoms. The van der Waals surface area contributed by atoms with Gasteiger partial charge >= 0.3 is 5.97 Å². The third kappa shape index (κ3) is 3.08. The number of carboxylic acids is 1. The van der Waals surface area contributed by atoms with E-state index in [0.29, 0.717) is 5.57 Å². The normalized spacial score (nSPS) is 18.8. The summed E-state index contributed by atoms with van der Waals surface area (Å²) in [5.74, 6) is -0.986. The lowest BCUT2D eigenvalue weighted by Gasteiger charge is -2.41. The van der Waals surface area contributed by atoms with Gasteiger partial charge in [0.05, 0.1) is 12.0 Å². The summed E-state index contributed by atoms with van der Waals surface area (Å²) in [4.78, 5) is 22.5. The van der Waals surface area contributed by atoms with Crippen molar-refractivity contribution >= 4 is 11.9 Å². The van der Waals surface area contributed by atoms with Gasteiger partial charge in [0.25, 0.3) is 0 Å². The predicted octanol–water partition coefficient (Wildman–Crippen LogP) is 1.86. The first-order valence-corrected chi connectivity index (χ1v) is 5.70. The first-order chi connectivity index (χ1) is 7.49. The van der Waals surface area contributed by atoms with Gasteiger partial charge in [-0.3, -0.25) is 9.59 Å². The molecular formula is C12H19NO3. The lowest BCUT2D eigenvalue weighted by Crippen LogP contribution is -2.54. The number of hydrogen-bond acceptors (Lipinski definition) is 2. The van der Waals surface area contributed by atoms with E-state index in [-0.39, 0.29) is 12.3 Å². The lowest BCUT2D eigenvalue weighted by molar-refractivity contribution is -0.140. The molecule has 0 aromatic carbocycles. The van der Waals surface area contributed by atoms with E-state index in [1.165, 1.54) is 0 Å². The Morgan fingerprint density at radius 1 is 1.44 bits per heavy atom. The van der Waals surface area contributed by atoms with Crippen molar-refractivity contribution in [2.75, 3.05) is 0 Å². The van der Waals surface area contributed by atoms with Crippen molar-refractivity contribution in [3.8, 4) is 0 Å². The third-order valence-corrected chi connectivity index (χ3v) is 3.05. The van der Waals surface area contributed by atoms with Gasteiger partial charge in [0.2, 0.25) is 5.91 Å². The quantitative estimate of drug-likeness (QED) is 0.702. The number of carboxylic acid groups (broad SMARTS) is 1. The van der Waals surface area contributed by atoms with Gasteiger partial charge in [0, 0.05) is 5.57 Å². The fourth-order valence-electron chi connectivity index (χ4n) is 1.98. The van der Waals surface area contributed by atoms with Gasteiger partial charge in [-0.05, 0) is 32.6 Å². The van der Waals surface area contributed by atoms with Crippen molar-refractivity contribution < 1.29 is 14.7 Å². The minimum atomic E-state index is -0.850. The average molecular weight is 225 g/mol. The molecule has 0 atom stereocenters. The largest absolute Gasteiger partial charge is 0.481 e. The molecule has 2 N–H and O–H groups in total. The van der Waals surface area contributed by atoms with Gasteiger partial charge in [-0.15, -0.1) is 0 Å². The first kappa shape index (κ1) is 12.7. The van der Waals surface area contributed by atoms with Gasteiger partial charge in [-0.1, -0.05) is 13.0 Å². The summed E-state index contributed by atoms with van der Waals surface area (Å²) in [7, 11) is 0.